The third-order valence-electron chi connectivity index (χ3n) is 2.71. The minimum Gasteiger partial charge on any atom is -0.327 e. The van der Waals surface area contributed by atoms with Gasteiger partial charge in [0.15, 0.2) is 0 Å². The van der Waals surface area contributed by atoms with Gasteiger partial charge in [-0.15, -0.1) is 0 Å². The van der Waals surface area contributed by atoms with Crippen LogP contribution in [0.5, 0.6) is 0 Å². The van der Waals surface area contributed by atoms with E-state index in [9.17, 15) is 0 Å². The highest BCUT2D eigenvalue weighted by Crippen LogP contribution is 2.27. The minimum atomic E-state index is 0.326. The Morgan fingerprint density at radius 3 is 1.67 bits per heavy atom. The van der Waals surface area contributed by atoms with E-state index in [1.807, 2.05) is 0 Å². The fourth-order valence-corrected chi connectivity index (χ4v) is 0.894. The highest BCUT2D eigenvalue weighted by Gasteiger charge is 2.23. The zero-order chi connectivity index (χ0) is 7.49. The lowest BCUT2D eigenvalue weighted by Crippen LogP contribution is -2.35. The van der Waals surface area contributed by atoms with E-state index >= 15 is 0 Å². The third kappa shape index (κ3) is 1.98. The van der Waals surface area contributed by atoms with E-state index in [0.717, 1.165) is 0 Å². The molecule has 0 aliphatic heterocycles. The van der Waals surface area contributed by atoms with Crippen LogP contribution in [-0.2, 0) is 0 Å². The Morgan fingerprint density at radius 2 is 1.67 bits per heavy atom. The van der Waals surface area contributed by atoms with Gasteiger partial charge in [-0.05, 0) is 25.2 Å². The monoisotopic (exact) mass is 129 g/mol. The molecule has 1 atom stereocenters. The van der Waals surface area contributed by atoms with Crippen LogP contribution < -0.4 is 5.73 Å². The third-order valence-corrected chi connectivity index (χ3v) is 2.71. The lowest BCUT2D eigenvalue weighted by molar-refractivity contribution is 0.245. The predicted octanol–water partition coefficient (Wildman–Crippen LogP) is 2.16. The fourth-order valence-electron chi connectivity index (χ4n) is 0.894. The fraction of sp³-hybridized carbons (Fsp3) is 1.00. The van der Waals surface area contributed by atoms with Crippen molar-refractivity contribution < 1.29 is 0 Å². The van der Waals surface area contributed by atoms with Crippen molar-refractivity contribution >= 4 is 0 Å². The molecule has 0 aromatic carbocycles. The molecule has 0 bridgehead atoms. The summed E-state index contributed by atoms with van der Waals surface area (Å²) in [5, 5.41) is 0. The van der Waals surface area contributed by atoms with Crippen molar-refractivity contribution in [2.45, 2.75) is 46.6 Å². The van der Waals surface area contributed by atoms with Crippen molar-refractivity contribution in [1.29, 1.82) is 0 Å². The van der Waals surface area contributed by atoms with Gasteiger partial charge in [-0.25, -0.2) is 0 Å². The summed E-state index contributed by atoms with van der Waals surface area (Å²) < 4.78 is 0. The lowest BCUT2D eigenvalue weighted by Gasteiger charge is -2.30. The summed E-state index contributed by atoms with van der Waals surface area (Å²) in [6.45, 7) is 8.74. The normalized spacial score (nSPS) is 15.7. The lowest BCUT2D eigenvalue weighted by atomic mass is 9.79. The molecule has 0 saturated carbocycles. The van der Waals surface area contributed by atoms with Gasteiger partial charge in [0.05, 0.1) is 0 Å². The standard InChI is InChI=1S/C8H19N/c1-5-8(4,6-2)7(3)9/h7H,5-6,9H2,1-4H3. The van der Waals surface area contributed by atoms with Crippen LogP contribution in [0.2, 0.25) is 0 Å². The Kier molecular flexibility index (Phi) is 3.20. The second kappa shape index (κ2) is 3.21. The maximum Gasteiger partial charge on any atom is 0.00641 e. The molecule has 2 N–H and O–H groups in total. The number of nitrogens with two attached hydrogens (primary N) is 1. The van der Waals surface area contributed by atoms with Crippen molar-refractivity contribution in [3.05, 3.63) is 0 Å². The van der Waals surface area contributed by atoms with E-state index in [0.29, 0.717) is 11.5 Å². The average Bonchev–Trinajstić information content (AvgIpc) is 1.86. The molecule has 0 rings (SSSR count). The van der Waals surface area contributed by atoms with Crippen LogP contribution >= 0.6 is 0 Å². The van der Waals surface area contributed by atoms with Gasteiger partial charge in [0.1, 0.15) is 0 Å². The van der Waals surface area contributed by atoms with Gasteiger partial charge in [-0.2, -0.15) is 0 Å². The molecule has 0 aromatic rings. The van der Waals surface area contributed by atoms with E-state index in [4.69, 9.17) is 5.73 Å². The van der Waals surface area contributed by atoms with Gasteiger partial charge in [0.25, 0.3) is 0 Å². The van der Waals surface area contributed by atoms with Gasteiger partial charge in [0.2, 0.25) is 0 Å². The molecule has 56 valence electrons. The molecule has 0 heterocycles. The molecule has 0 saturated heterocycles. The molecule has 0 aliphatic rings. The molecule has 1 nitrogen and oxygen atoms in total. The van der Waals surface area contributed by atoms with Crippen molar-refractivity contribution in [3.63, 3.8) is 0 Å². The summed E-state index contributed by atoms with van der Waals surface area (Å²) in [4.78, 5) is 0. The molecule has 0 aliphatic carbocycles. The minimum absolute atomic E-state index is 0.326. The number of hydrogen-bond acceptors (Lipinski definition) is 1. The first-order valence-corrected chi connectivity index (χ1v) is 3.82. The van der Waals surface area contributed by atoms with Crippen LogP contribution in [0.25, 0.3) is 0 Å². The Bertz CT molecular complexity index is 72.6. The van der Waals surface area contributed by atoms with Crippen molar-refractivity contribution in [1.82, 2.24) is 0 Å². The van der Waals surface area contributed by atoms with Crippen LogP contribution in [0, 0.1) is 5.41 Å². The molecule has 0 radical (unpaired) electrons. The second-order valence-corrected chi connectivity index (χ2v) is 3.15. The van der Waals surface area contributed by atoms with Crippen LogP contribution in [0.3, 0.4) is 0 Å². The first-order chi connectivity index (χ1) is 4.06. The molecule has 1 unspecified atom stereocenters. The van der Waals surface area contributed by atoms with Crippen LogP contribution in [0.4, 0.5) is 0 Å². The number of rotatable bonds is 3. The van der Waals surface area contributed by atoms with Gasteiger partial charge in [-0.3, -0.25) is 0 Å². The van der Waals surface area contributed by atoms with Gasteiger partial charge in [-0.1, -0.05) is 20.8 Å². The van der Waals surface area contributed by atoms with E-state index in [1.165, 1.54) is 12.8 Å². The van der Waals surface area contributed by atoms with E-state index in [-0.39, 0.29) is 0 Å². The zero-order valence-electron chi connectivity index (χ0n) is 7.07. The molecule has 0 amide bonds. The largest absolute Gasteiger partial charge is 0.327 e. The molecular weight excluding hydrogens is 110 g/mol. The van der Waals surface area contributed by atoms with E-state index in [1.54, 1.807) is 0 Å². The first kappa shape index (κ1) is 8.96. The SMILES string of the molecule is CCC(C)(CC)C(C)N. The van der Waals surface area contributed by atoms with Crippen molar-refractivity contribution in [2.75, 3.05) is 0 Å². The Hall–Kier alpha value is -0.0400. The summed E-state index contributed by atoms with van der Waals surface area (Å²) >= 11 is 0. The maximum absolute atomic E-state index is 5.79. The van der Waals surface area contributed by atoms with Crippen LogP contribution in [0.1, 0.15) is 40.5 Å². The van der Waals surface area contributed by atoms with Crippen LogP contribution in [-0.4, -0.2) is 6.04 Å². The highest BCUT2D eigenvalue weighted by atomic mass is 14.7. The molecule has 1 heteroatoms. The highest BCUT2D eigenvalue weighted by molar-refractivity contribution is 4.79. The van der Waals surface area contributed by atoms with Gasteiger partial charge in [0, 0.05) is 6.04 Å². The molecule has 9 heavy (non-hydrogen) atoms. The Morgan fingerprint density at radius 1 is 1.33 bits per heavy atom. The average molecular weight is 129 g/mol. The Labute approximate surface area is 58.6 Å². The smallest absolute Gasteiger partial charge is 0.00641 e. The van der Waals surface area contributed by atoms with E-state index < -0.39 is 0 Å². The number of hydrogen-bond donors (Lipinski definition) is 1. The predicted molar refractivity (Wildman–Crippen MR) is 42.3 cm³/mol. The Balaban J connectivity index is 3.92. The second-order valence-electron chi connectivity index (χ2n) is 3.15. The molecule has 0 aromatic heterocycles. The maximum atomic E-state index is 5.79. The van der Waals surface area contributed by atoms with Crippen LogP contribution in [0.15, 0.2) is 0 Å². The van der Waals surface area contributed by atoms with E-state index in [2.05, 4.69) is 27.7 Å². The molecular formula is C8H19N. The van der Waals surface area contributed by atoms with Crippen molar-refractivity contribution in [2.24, 2.45) is 11.1 Å². The zero-order valence-corrected chi connectivity index (χ0v) is 7.07. The van der Waals surface area contributed by atoms with Gasteiger partial charge < -0.3 is 5.73 Å². The first-order valence-electron chi connectivity index (χ1n) is 3.82. The topological polar surface area (TPSA) is 26.0 Å². The summed E-state index contributed by atoms with van der Waals surface area (Å²) in [5.41, 5.74) is 6.15. The summed E-state index contributed by atoms with van der Waals surface area (Å²) in [5.74, 6) is 0. The summed E-state index contributed by atoms with van der Waals surface area (Å²) in [6, 6.07) is 0.326. The summed E-state index contributed by atoms with van der Waals surface area (Å²) in [7, 11) is 0. The van der Waals surface area contributed by atoms with Gasteiger partial charge >= 0.3 is 0 Å². The molecule has 0 spiro atoms. The quantitative estimate of drug-likeness (QED) is 0.621. The summed E-state index contributed by atoms with van der Waals surface area (Å²) in [6.07, 6.45) is 2.36. The van der Waals surface area contributed by atoms with Crippen molar-refractivity contribution in [3.8, 4) is 0 Å². The molecule has 0 fully saturated rings.